The third-order valence-electron chi connectivity index (χ3n) is 5.90. The van der Waals surface area contributed by atoms with Crippen LogP contribution in [0.25, 0.3) is 0 Å². The maximum absolute atomic E-state index is 12.6. The van der Waals surface area contributed by atoms with Crippen molar-refractivity contribution >= 4 is 11.8 Å². The topological polar surface area (TPSA) is 58.6 Å². The number of carbonyl (C=O) groups is 2. The van der Waals surface area contributed by atoms with E-state index in [9.17, 15) is 9.59 Å². The van der Waals surface area contributed by atoms with Gasteiger partial charge >= 0.3 is 0 Å². The molecule has 3 unspecified atom stereocenters. The zero-order valence-corrected chi connectivity index (χ0v) is 18.1. The summed E-state index contributed by atoms with van der Waals surface area (Å²) in [6.07, 6.45) is 3.26. The standard InChI is InChI=1S/C25H32N2O3/c1-18(21-10-5-4-6-11-21)16-26-25(29)22-12-14-23(15-13-22)30-17-24(28)27-19(2)8-7-9-20(27)3/h4-6,10-15,18-20H,7-9,16-17H2,1-3H3,(H,26,29). The zero-order chi connectivity index (χ0) is 21.5. The van der Waals surface area contributed by atoms with Crippen molar-refractivity contribution in [1.29, 1.82) is 0 Å². The van der Waals surface area contributed by atoms with Crippen LogP contribution in [-0.2, 0) is 4.79 Å². The maximum atomic E-state index is 12.6. The molecule has 0 radical (unpaired) electrons. The normalized spacial score (nSPS) is 19.8. The van der Waals surface area contributed by atoms with E-state index in [1.807, 2.05) is 23.1 Å². The number of carbonyl (C=O) groups excluding carboxylic acids is 2. The SMILES string of the molecule is CC(CNC(=O)c1ccc(OCC(=O)N2C(C)CCCC2C)cc1)c1ccccc1. The summed E-state index contributed by atoms with van der Waals surface area (Å²) in [6, 6.07) is 17.6. The minimum Gasteiger partial charge on any atom is -0.484 e. The Balaban J connectivity index is 1.48. The summed E-state index contributed by atoms with van der Waals surface area (Å²) in [5.74, 6) is 0.737. The molecule has 1 fully saturated rings. The quantitative estimate of drug-likeness (QED) is 0.739. The monoisotopic (exact) mass is 408 g/mol. The molecule has 2 aromatic carbocycles. The fourth-order valence-corrected chi connectivity index (χ4v) is 4.08. The number of piperidine rings is 1. The van der Waals surface area contributed by atoms with E-state index in [2.05, 4.69) is 38.2 Å². The van der Waals surface area contributed by atoms with E-state index in [0.717, 1.165) is 12.8 Å². The lowest BCUT2D eigenvalue weighted by molar-refractivity contribution is -0.139. The van der Waals surface area contributed by atoms with Crippen LogP contribution in [0.1, 0.15) is 61.9 Å². The maximum Gasteiger partial charge on any atom is 0.260 e. The van der Waals surface area contributed by atoms with Gasteiger partial charge in [0.25, 0.3) is 11.8 Å². The summed E-state index contributed by atoms with van der Waals surface area (Å²) in [5.41, 5.74) is 1.77. The van der Waals surface area contributed by atoms with Gasteiger partial charge in [0.05, 0.1) is 0 Å². The van der Waals surface area contributed by atoms with Crippen LogP contribution in [0.4, 0.5) is 0 Å². The van der Waals surface area contributed by atoms with Crippen LogP contribution in [0.2, 0.25) is 0 Å². The average Bonchev–Trinajstić information content (AvgIpc) is 2.76. The van der Waals surface area contributed by atoms with E-state index < -0.39 is 0 Å². The first-order valence-corrected chi connectivity index (χ1v) is 10.8. The Morgan fingerprint density at radius 3 is 2.30 bits per heavy atom. The highest BCUT2D eigenvalue weighted by atomic mass is 16.5. The van der Waals surface area contributed by atoms with Crippen LogP contribution in [0, 0.1) is 0 Å². The van der Waals surface area contributed by atoms with Gasteiger partial charge in [0, 0.05) is 24.2 Å². The van der Waals surface area contributed by atoms with Crippen LogP contribution in [0.15, 0.2) is 54.6 Å². The minimum absolute atomic E-state index is 0.0198. The number of rotatable bonds is 7. The number of nitrogens with one attached hydrogen (secondary N) is 1. The molecule has 1 aliphatic heterocycles. The highest BCUT2D eigenvalue weighted by Crippen LogP contribution is 2.23. The van der Waals surface area contributed by atoms with E-state index in [4.69, 9.17) is 4.74 Å². The summed E-state index contributed by atoms with van der Waals surface area (Å²) < 4.78 is 5.69. The molecule has 5 nitrogen and oxygen atoms in total. The molecule has 1 saturated heterocycles. The summed E-state index contributed by atoms with van der Waals surface area (Å²) in [5, 5.41) is 2.98. The lowest BCUT2D eigenvalue weighted by atomic mass is 9.97. The largest absolute Gasteiger partial charge is 0.484 e. The second-order valence-electron chi connectivity index (χ2n) is 8.26. The predicted molar refractivity (Wildman–Crippen MR) is 119 cm³/mol. The van der Waals surface area contributed by atoms with Crippen molar-refractivity contribution in [2.45, 2.75) is 58.0 Å². The van der Waals surface area contributed by atoms with Crippen LogP contribution in [0.5, 0.6) is 5.75 Å². The molecule has 1 heterocycles. The zero-order valence-electron chi connectivity index (χ0n) is 18.1. The van der Waals surface area contributed by atoms with Crippen LogP contribution < -0.4 is 10.1 Å². The summed E-state index contributed by atoms with van der Waals surface area (Å²) in [7, 11) is 0. The predicted octanol–water partition coefficient (Wildman–Crippen LogP) is 4.39. The lowest BCUT2D eigenvalue weighted by Crippen LogP contribution is -2.49. The van der Waals surface area contributed by atoms with Gasteiger partial charge in [-0.05, 0) is 68.9 Å². The minimum atomic E-state index is -0.114. The Bertz CT molecular complexity index is 825. The van der Waals surface area contributed by atoms with Crippen LogP contribution in [0.3, 0.4) is 0 Å². The number of amides is 2. The third kappa shape index (κ3) is 5.62. The van der Waals surface area contributed by atoms with Crippen molar-refractivity contribution < 1.29 is 14.3 Å². The lowest BCUT2D eigenvalue weighted by Gasteiger charge is -2.38. The molecule has 0 bridgehead atoms. The van der Waals surface area contributed by atoms with E-state index >= 15 is 0 Å². The van der Waals surface area contributed by atoms with Crippen molar-refractivity contribution in [3.63, 3.8) is 0 Å². The summed E-state index contributed by atoms with van der Waals surface area (Å²) in [6.45, 7) is 6.88. The molecule has 30 heavy (non-hydrogen) atoms. The average molecular weight is 409 g/mol. The summed E-state index contributed by atoms with van der Waals surface area (Å²) in [4.78, 5) is 26.9. The number of hydrogen-bond donors (Lipinski definition) is 1. The van der Waals surface area contributed by atoms with Gasteiger partial charge in [-0.3, -0.25) is 9.59 Å². The highest BCUT2D eigenvalue weighted by molar-refractivity contribution is 5.94. The van der Waals surface area contributed by atoms with Crippen molar-refractivity contribution in [2.75, 3.05) is 13.2 Å². The van der Waals surface area contributed by atoms with Gasteiger partial charge in [-0.15, -0.1) is 0 Å². The molecule has 0 aromatic heterocycles. The Morgan fingerprint density at radius 1 is 1.03 bits per heavy atom. The first-order chi connectivity index (χ1) is 14.5. The highest BCUT2D eigenvalue weighted by Gasteiger charge is 2.28. The van der Waals surface area contributed by atoms with Gasteiger partial charge in [-0.1, -0.05) is 37.3 Å². The van der Waals surface area contributed by atoms with Gasteiger partial charge in [-0.25, -0.2) is 0 Å². The number of benzene rings is 2. The molecule has 3 rings (SSSR count). The van der Waals surface area contributed by atoms with E-state index in [1.165, 1.54) is 12.0 Å². The second kappa shape index (κ2) is 10.3. The first kappa shape index (κ1) is 21.9. The molecular formula is C25H32N2O3. The molecule has 5 heteroatoms. The fourth-order valence-electron chi connectivity index (χ4n) is 4.08. The molecule has 2 aromatic rings. The Morgan fingerprint density at radius 2 is 1.67 bits per heavy atom. The number of nitrogens with zero attached hydrogens (tertiary/aromatic N) is 1. The summed E-state index contributed by atoms with van der Waals surface area (Å²) >= 11 is 0. The molecule has 1 aliphatic rings. The molecule has 0 saturated carbocycles. The smallest absolute Gasteiger partial charge is 0.260 e. The van der Waals surface area contributed by atoms with Gasteiger partial charge in [-0.2, -0.15) is 0 Å². The molecule has 3 atom stereocenters. The number of hydrogen-bond acceptors (Lipinski definition) is 3. The van der Waals surface area contributed by atoms with E-state index in [1.54, 1.807) is 24.3 Å². The van der Waals surface area contributed by atoms with E-state index in [-0.39, 0.29) is 36.4 Å². The Kier molecular flexibility index (Phi) is 7.50. The van der Waals surface area contributed by atoms with Crippen LogP contribution in [-0.4, -0.2) is 41.9 Å². The molecule has 0 aliphatic carbocycles. The molecule has 160 valence electrons. The van der Waals surface area contributed by atoms with Crippen LogP contribution >= 0.6 is 0 Å². The molecule has 2 amide bonds. The van der Waals surface area contributed by atoms with Gasteiger partial charge < -0.3 is 15.0 Å². The van der Waals surface area contributed by atoms with Crippen molar-refractivity contribution in [3.05, 3.63) is 65.7 Å². The first-order valence-electron chi connectivity index (χ1n) is 10.8. The molecular weight excluding hydrogens is 376 g/mol. The van der Waals surface area contributed by atoms with Crippen molar-refractivity contribution in [3.8, 4) is 5.75 Å². The van der Waals surface area contributed by atoms with Gasteiger partial charge in [0.1, 0.15) is 5.75 Å². The Labute approximate surface area is 179 Å². The Hall–Kier alpha value is -2.82. The number of ether oxygens (including phenoxy) is 1. The van der Waals surface area contributed by atoms with Crippen molar-refractivity contribution in [1.82, 2.24) is 10.2 Å². The van der Waals surface area contributed by atoms with E-state index in [0.29, 0.717) is 17.9 Å². The van der Waals surface area contributed by atoms with Gasteiger partial charge in [0.15, 0.2) is 6.61 Å². The fraction of sp³-hybridized carbons (Fsp3) is 0.440. The van der Waals surface area contributed by atoms with Gasteiger partial charge in [0.2, 0.25) is 0 Å². The molecule has 1 N–H and O–H groups in total. The number of likely N-dealkylation sites (tertiary alicyclic amines) is 1. The second-order valence-corrected chi connectivity index (χ2v) is 8.26. The molecule has 0 spiro atoms. The van der Waals surface area contributed by atoms with Crippen molar-refractivity contribution in [2.24, 2.45) is 0 Å². The third-order valence-corrected chi connectivity index (χ3v) is 5.90.